The number of nitrogens with zero attached hydrogens (tertiary/aromatic N) is 3. The molecule has 0 saturated carbocycles. The summed E-state index contributed by atoms with van der Waals surface area (Å²) in [5.74, 6) is -1.17. The van der Waals surface area contributed by atoms with Crippen molar-refractivity contribution < 1.29 is 9.59 Å². The molecular weight excluding hydrogens is 467 g/mol. The zero-order chi connectivity index (χ0) is 23.2. The maximum atomic E-state index is 12.9. The van der Waals surface area contributed by atoms with Crippen LogP contribution in [0.1, 0.15) is 4.88 Å². The summed E-state index contributed by atoms with van der Waals surface area (Å²) in [5.41, 5.74) is 2.51. The number of fused-ring (bicyclic) bond motifs is 5. The number of hydrogen-bond acceptors (Lipinski definition) is 4. The molecule has 1 saturated heterocycles. The first-order valence-corrected chi connectivity index (χ1v) is 15.2. The minimum absolute atomic E-state index is 0.219. The zero-order valence-electron chi connectivity index (χ0n) is 18.9. The normalized spacial score (nSPS) is 18.0. The molecule has 2 aliphatic rings. The molecule has 0 unspecified atom stereocenters. The number of para-hydroxylation sites is 2. The van der Waals surface area contributed by atoms with E-state index in [1.807, 2.05) is 0 Å². The molecule has 2 aromatic carbocycles. The van der Waals surface area contributed by atoms with Gasteiger partial charge in [0.1, 0.15) is 14.0 Å². The molecule has 6 rings (SSSR count). The number of benzene rings is 2. The number of amides is 2. The highest BCUT2D eigenvalue weighted by atomic mass is 32.1. The van der Waals surface area contributed by atoms with Crippen molar-refractivity contribution in [1.82, 2.24) is 14.4 Å². The van der Waals surface area contributed by atoms with E-state index in [4.69, 9.17) is 12.2 Å². The van der Waals surface area contributed by atoms with Gasteiger partial charge in [-0.15, -0.1) is 11.3 Å². The van der Waals surface area contributed by atoms with Crippen LogP contribution in [0.25, 0.3) is 26.8 Å². The van der Waals surface area contributed by atoms with Gasteiger partial charge in [-0.1, -0.05) is 49.5 Å². The summed E-state index contributed by atoms with van der Waals surface area (Å²) in [6, 6.07) is 17.5. The van der Waals surface area contributed by atoms with Gasteiger partial charge in [-0.05, 0) is 34.7 Å². The number of carbonyl (C=O) groups is 2. The van der Waals surface area contributed by atoms with Crippen molar-refractivity contribution in [1.29, 1.82) is 0 Å². The van der Waals surface area contributed by atoms with Crippen LogP contribution in [0.15, 0.2) is 48.5 Å². The lowest BCUT2D eigenvalue weighted by atomic mass is 9.99. The fourth-order valence-corrected chi connectivity index (χ4v) is 10.5. The Hall–Kier alpha value is -2.81. The van der Waals surface area contributed by atoms with Crippen LogP contribution in [0.3, 0.4) is 0 Å². The first kappa shape index (κ1) is 20.8. The Morgan fingerprint density at radius 1 is 0.939 bits per heavy atom. The largest absolute Gasteiger partial charge is 0.301 e. The lowest BCUT2D eigenvalue weighted by molar-refractivity contribution is -0.145. The molecule has 0 atom stereocenters. The molecule has 0 spiro atoms. The van der Waals surface area contributed by atoms with Crippen molar-refractivity contribution in [3.8, 4) is 5.00 Å². The molecule has 33 heavy (non-hydrogen) atoms. The molecule has 0 radical (unpaired) electrons. The minimum atomic E-state index is -1.96. The van der Waals surface area contributed by atoms with Gasteiger partial charge in [0.15, 0.2) is 5.11 Å². The van der Waals surface area contributed by atoms with Crippen LogP contribution in [0.5, 0.6) is 0 Å². The molecule has 2 aromatic heterocycles. The van der Waals surface area contributed by atoms with Crippen molar-refractivity contribution in [3.05, 3.63) is 53.4 Å². The van der Waals surface area contributed by atoms with Crippen molar-refractivity contribution in [2.24, 2.45) is 5.92 Å². The van der Waals surface area contributed by atoms with Crippen LogP contribution >= 0.6 is 23.6 Å². The number of rotatable bonds is 2. The van der Waals surface area contributed by atoms with Crippen LogP contribution in [-0.2, 0) is 16.0 Å². The standard InChI is InChI=1S/C25H23N3O2S2Si/c1-26-22(29)17(23(30)27(2)25(26)31)12-14-13-20-24(32-14)28-18-10-6-5-8-15(18)16-9-7-11-19(21(16)28)33(20,3)4/h5-11,13,17H,12H2,1-4H3. The van der Waals surface area contributed by atoms with Gasteiger partial charge in [0, 0.05) is 36.2 Å². The van der Waals surface area contributed by atoms with Gasteiger partial charge in [0.2, 0.25) is 11.8 Å². The Morgan fingerprint density at radius 3 is 2.33 bits per heavy atom. The Labute approximate surface area is 202 Å². The van der Waals surface area contributed by atoms with Crippen molar-refractivity contribution >= 4 is 80.7 Å². The molecule has 5 nitrogen and oxygen atoms in total. The Morgan fingerprint density at radius 2 is 1.61 bits per heavy atom. The van der Waals surface area contributed by atoms with E-state index in [-0.39, 0.29) is 16.9 Å². The van der Waals surface area contributed by atoms with E-state index in [2.05, 4.69) is 66.2 Å². The van der Waals surface area contributed by atoms with Crippen molar-refractivity contribution in [3.63, 3.8) is 0 Å². The highest BCUT2D eigenvalue weighted by Crippen LogP contribution is 2.38. The summed E-state index contributed by atoms with van der Waals surface area (Å²) in [6.45, 7) is 4.80. The Kier molecular flexibility index (Phi) is 4.31. The molecule has 4 heterocycles. The third kappa shape index (κ3) is 2.65. The van der Waals surface area contributed by atoms with E-state index >= 15 is 0 Å². The van der Waals surface area contributed by atoms with Crippen LogP contribution in [0.4, 0.5) is 0 Å². The summed E-state index contributed by atoms with van der Waals surface area (Å²) < 4.78 is 2.40. The molecule has 2 aliphatic heterocycles. The lowest BCUT2D eigenvalue weighted by Crippen LogP contribution is -2.57. The average molecular weight is 490 g/mol. The number of carbonyl (C=O) groups excluding carboxylic acids is 2. The summed E-state index contributed by atoms with van der Waals surface area (Å²) >= 11 is 6.97. The second-order valence-corrected chi connectivity index (χ2v) is 15.3. The topological polar surface area (TPSA) is 45.6 Å². The molecule has 1 fully saturated rings. The van der Waals surface area contributed by atoms with Crippen LogP contribution in [0, 0.1) is 5.92 Å². The fourth-order valence-electron chi connectivity index (χ4n) is 5.39. The first-order chi connectivity index (χ1) is 15.7. The van der Waals surface area contributed by atoms with Crippen LogP contribution in [-0.4, -0.2) is 53.5 Å². The summed E-state index contributed by atoms with van der Waals surface area (Å²) in [5, 5.41) is 6.85. The lowest BCUT2D eigenvalue weighted by Gasteiger charge is -2.35. The predicted molar refractivity (Wildman–Crippen MR) is 141 cm³/mol. The number of aromatic nitrogens is 1. The number of hydrogen-bond donors (Lipinski definition) is 0. The maximum Gasteiger partial charge on any atom is 0.241 e. The van der Waals surface area contributed by atoms with E-state index in [1.165, 1.54) is 47.0 Å². The first-order valence-electron chi connectivity index (χ1n) is 11.0. The van der Waals surface area contributed by atoms with Gasteiger partial charge in [-0.3, -0.25) is 19.4 Å². The third-order valence-electron chi connectivity index (χ3n) is 7.24. The van der Waals surface area contributed by atoms with Gasteiger partial charge >= 0.3 is 0 Å². The summed E-state index contributed by atoms with van der Waals surface area (Å²) in [6.07, 6.45) is 0.399. The second kappa shape index (κ2) is 6.85. The molecular formula is C25H23N3O2S2Si. The van der Waals surface area contributed by atoms with Gasteiger partial charge in [-0.2, -0.15) is 0 Å². The fraction of sp³-hybridized carbons (Fsp3) is 0.240. The van der Waals surface area contributed by atoms with Gasteiger partial charge in [-0.25, -0.2) is 0 Å². The van der Waals surface area contributed by atoms with Gasteiger partial charge in [0.25, 0.3) is 0 Å². The smallest absolute Gasteiger partial charge is 0.241 e. The second-order valence-electron chi connectivity index (χ2n) is 9.44. The van der Waals surface area contributed by atoms with Gasteiger partial charge in [0.05, 0.1) is 16.0 Å². The Bertz CT molecular complexity index is 1510. The van der Waals surface area contributed by atoms with Crippen molar-refractivity contribution in [2.45, 2.75) is 19.5 Å². The summed E-state index contributed by atoms with van der Waals surface area (Å²) in [7, 11) is 1.33. The van der Waals surface area contributed by atoms with Crippen LogP contribution in [0.2, 0.25) is 13.1 Å². The predicted octanol–water partition coefficient (Wildman–Crippen LogP) is 3.36. The molecule has 8 heteroatoms. The van der Waals surface area contributed by atoms with Gasteiger partial charge < -0.3 is 4.57 Å². The molecule has 166 valence electrons. The highest BCUT2D eigenvalue weighted by molar-refractivity contribution is 7.80. The molecule has 4 aromatic rings. The summed E-state index contributed by atoms with van der Waals surface area (Å²) in [4.78, 5) is 29.8. The number of thiophene rings is 1. The monoisotopic (exact) mass is 489 g/mol. The quantitative estimate of drug-likeness (QED) is 0.246. The molecule has 2 amide bonds. The highest BCUT2D eigenvalue weighted by Gasteiger charge is 2.42. The van der Waals surface area contributed by atoms with Crippen LogP contribution < -0.4 is 10.4 Å². The van der Waals surface area contributed by atoms with E-state index in [0.717, 1.165) is 4.88 Å². The molecule has 0 aliphatic carbocycles. The van der Waals surface area contributed by atoms with E-state index in [1.54, 1.807) is 25.4 Å². The third-order valence-corrected chi connectivity index (χ3v) is 12.6. The Balaban J connectivity index is 1.54. The average Bonchev–Trinajstić information content (AvgIpc) is 3.38. The molecule has 0 N–H and O–H groups in total. The zero-order valence-corrected chi connectivity index (χ0v) is 21.5. The van der Waals surface area contributed by atoms with Crippen molar-refractivity contribution in [2.75, 3.05) is 14.1 Å². The maximum absolute atomic E-state index is 12.9. The van der Waals surface area contributed by atoms with E-state index in [9.17, 15) is 9.59 Å². The molecule has 0 bridgehead atoms. The van der Waals surface area contributed by atoms with E-state index in [0.29, 0.717) is 6.42 Å². The SMILES string of the molecule is CN1C(=O)C(Cc2cc3c(s2)-n2c4ccccc4c4cccc(c42)[Si]3(C)C)C(=O)N(C)C1=S. The number of thiocarbonyl (C=S) groups is 1. The minimum Gasteiger partial charge on any atom is -0.301 e. The van der Waals surface area contributed by atoms with E-state index < -0.39 is 14.0 Å².